The van der Waals surface area contributed by atoms with E-state index in [2.05, 4.69) is 0 Å². The molecule has 8 nitrogen and oxygen atoms in total. The molecule has 1 fully saturated rings. The molecule has 1 amide bonds. The second-order valence-electron chi connectivity index (χ2n) is 7.66. The number of aliphatic hydroxyl groups excluding tert-OH is 1. The number of phenolic OH excluding ortho intramolecular Hbond substituents is 1. The predicted molar refractivity (Wildman–Crippen MR) is 110 cm³/mol. The number of aryl methyl sites for hydroxylation is 1. The van der Waals surface area contributed by atoms with Crippen LogP contribution in [0.25, 0.3) is 0 Å². The number of benzene rings is 1. The van der Waals surface area contributed by atoms with E-state index in [0.717, 1.165) is 12.8 Å². The first kappa shape index (κ1) is 21.0. The summed E-state index contributed by atoms with van der Waals surface area (Å²) in [6.45, 7) is 4.67. The van der Waals surface area contributed by atoms with Gasteiger partial charge in [-0.25, -0.2) is 0 Å². The van der Waals surface area contributed by atoms with Gasteiger partial charge in [0.25, 0.3) is 5.91 Å². The van der Waals surface area contributed by atoms with Gasteiger partial charge in [-0.2, -0.15) is 0 Å². The number of nitrogens with zero attached hydrogens (tertiary/aromatic N) is 1. The molecule has 8 heteroatoms. The van der Waals surface area contributed by atoms with Crippen LogP contribution in [0.4, 0.5) is 0 Å². The van der Waals surface area contributed by atoms with Crippen molar-refractivity contribution in [2.24, 2.45) is 0 Å². The molecule has 0 aliphatic carbocycles. The van der Waals surface area contributed by atoms with Gasteiger partial charge in [-0.3, -0.25) is 9.59 Å². The molecule has 1 aromatic carbocycles. The molecule has 2 unspecified atom stereocenters. The quantitative estimate of drug-likeness (QED) is 0.651. The summed E-state index contributed by atoms with van der Waals surface area (Å²) in [6, 6.07) is 6.94. The van der Waals surface area contributed by atoms with Gasteiger partial charge in [0.2, 0.25) is 5.78 Å². The largest absolute Gasteiger partial charge is 0.504 e. The lowest BCUT2D eigenvalue weighted by atomic mass is 9.94. The van der Waals surface area contributed by atoms with Crippen molar-refractivity contribution < 1.29 is 33.7 Å². The van der Waals surface area contributed by atoms with E-state index in [1.165, 1.54) is 17.0 Å². The number of phenols is 1. The van der Waals surface area contributed by atoms with Crippen molar-refractivity contribution in [2.45, 2.75) is 38.8 Å². The number of aliphatic hydroxyl groups is 1. The third kappa shape index (κ3) is 3.90. The van der Waals surface area contributed by atoms with E-state index in [1.54, 1.807) is 32.0 Å². The monoisotopic (exact) mass is 427 g/mol. The van der Waals surface area contributed by atoms with Crippen LogP contribution in [0.5, 0.6) is 11.5 Å². The second kappa shape index (κ2) is 8.47. The third-order valence-electron chi connectivity index (χ3n) is 5.54. The minimum atomic E-state index is -0.866. The van der Waals surface area contributed by atoms with E-state index in [1.807, 2.05) is 0 Å². The molecule has 0 bridgehead atoms. The van der Waals surface area contributed by atoms with Crippen molar-refractivity contribution in [1.29, 1.82) is 0 Å². The number of aromatic hydroxyl groups is 1. The molecule has 0 saturated carbocycles. The summed E-state index contributed by atoms with van der Waals surface area (Å²) in [6.07, 6.45) is 1.50. The fraction of sp³-hybridized carbons (Fsp3) is 0.391. The van der Waals surface area contributed by atoms with Crippen LogP contribution >= 0.6 is 0 Å². The molecule has 31 heavy (non-hydrogen) atoms. The minimum absolute atomic E-state index is 0.0413. The highest BCUT2D eigenvalue weighted by molar-refractivity contribution is 6.15. The number of ether oxygens (including phenoxy) is 2. The average molecular weight is 427 g/mol. The highest BCUT2D eigenvalue weighted by Gasteiger charge is 2.45. The van der Waals surface area contributed by atoms with Crippen molar-refractivity contribution in [1.82, 2.24) is 4.90 Å². The van der Waals surface area contributed by atoms with Gasteiger partial charge < -0.3 is 29.0 Å². The molecule has 2 atom stereocenters. The summed E-state index contributed by atoms with van der Waals surface area (Å²) in [5.41, 5.74) is 0.466. The lowest BCUT2D eigenvalue weighted by molar-refractivity contribution is -0.131. The highest BCUT2D eigenvalue weighted by atomic mass is 16.5. The van der Waals surface area contributed by atoms with Crippen LogP contribution in [0.2, 0.25) is 0 Å². The summed E-state index contributed by atoms with van der Waals surface area (Å²) in [4.78, 5) is 27.7. The zero-order valence-electron chi connectivity index (χ0n) is 17.5. The molecular weight excluding hydrogens is 402 g/mol. The Bertz CT molecular complexity index is 1030. The summed E-state index contributed by atoms with van der Waals surface area (Å²) in [5.74, 6) is -1.04. The SMILES string of the molecule is CCOc1cc(C2C(C(=O)c3ccc(C)o3)=C(O)C(=O)N2CC2CCCO2)ccc1O. The first-order valence-corrected chi connectivity index (χ1v) is 10.3. The van der Waals surface area contributed by atoms with Crippen LogP contribution in [0.15, 0.2) is 46.1 Å². The second-order valence-corrected chi connectivity index (χ2v) is 7.66. The summed E-state index contributed by atoms with van der Waals surface area (Å²) < 4.78 is 16.6. The molecule has 2 aliphatic rings. The Morgan fingerprint density at radius 1 is 1.26 bits per heavy atom. The molecule has 164 valence electrons. The Morgan fingerprint density at radius 3 is 2.71 bits per heavy atom. The molecule has 4 rings (SSSR count). The molecule has 2 N–H and O–H groups in total. The Morgan fingerprint density at radius 2 is 2.06 bits per heavy atom. The van der Waals surface area contributed by atoms with E-state index in [4.69, 9.17) is 13.9 Å². The predicted octanol–water partition coefficient (Wildman–Crippen LogP) is 3.45. The van der Waals surface area contributed by atoms with Gasteiger partial charge in [-0.15, -0.1) is 0 Å². The Hall–Kier alpha value is -3.26. The fourth-order valence-electron chi connectivity index (χ4n) is 4.09. The Labute approximate surface area is 179 Å². The van der Waals surface area contributed by atoms with Crippen LogP contribution in [0.3, 0.4) is 0 Å². The number of amides is 1. The topological polar surface area (TPSA) is 109 Å². The van der Waals surface area contributed by atoms with Crippen molar-refractivity contribution in [3.05, 3.63) is 58.7 Å². The van der Waals surface area contributed by atoms with Crippen molar-refractivity contribution in [3.63, 3.8) is 0 Å². The maximum Gasteiger partial charge on any atom is 0.290 e. The van der Waals surface area contributed by atoms with Crippen LogP contribution in [-0.4, -0.2) is 52.7 Å². The molecule has 0 spiro atoms. The van der Waals surface area contributed by atoms with Gasteiger partial charge in [0.05, 0.1) is 24.3 Å². The van der Waals surface area contributed by atoms with Gasteiger partial charge in [0.1, 0.15) is 5.76 Å². The van der Waals surface area contributed by atoms with Crippen molar-refractivity contribution in [2.75, 3.05) is 19.8 Å². The molecule has 0 radical (unpaired) electrons. The molecule has 2 aromatic rings. The maximum absolute atomic E-state index is 13.3. The molecule has 2 aliphatic heterocycles. The normalized spacial score (nSPS) is 21.2. The van der Waals surface area contributed by atoms with Crippen molar-refractivity contribution in [3.8, 4) is 11.5 Å². The third-order valence-corrected chi connectivity index (χ3v) is 5.54. The van der Waals surface area contributed by atoms with E-state index in [-0.39, 0.29) is 35.5 Å². The molecule has 1 aromatic heterocycles. The van der Waals surface area contributed by atoms with E-state index in [0.29, 0.717) is 24.5 Å². The smallest absolute Gasteiger partial charge is 0.290 e. The van der Waals surface area contributed by atoms with Gasteiger partial charge in [-0.05, 0) is 56.5 Å². The Kier molecular flexibility index (Phi) is 5.73. The van der Waals surface area contributed by atoms with Crippen molar-refractivity contribution >= 4 is 11.7 Å². The average Bonchev–Trinajstić information content (AvgIpc) is 3.47. The van der Waals surface area contributed by atoms with Crippen LogP contribution in [0, 0.1) is 6.92 Å². The summed E-state index contributed by atoms with van der Waals surface area (Å²) in [5, 5.41) is 20.8. The number of furan rings is 1. The zero-order valence-corrected chi connectivity index (χ0v) is 17.5. The van der Waals surface area contributed by atoms with Gasteiger partial charge in [0.15, 0.2) is 23.0 Å². The number of hydrogen-bond donors (Lipinski definition) is 2. The van der Waals surface area contributed by atoms with Gasteiger partial charge in [0, 0.05) is 13.2 Å². The molecule has 1 saturated heterocycles. The first-order chi connectivity index (χ1) is 14.9. The van der Waals surface area contributed by atoms with Gasteiger partial charge in [-0.1, -0.05) is 6.07 Å². The standard InChI is InChI=1S/C23H25NO7/c1-3-29-18-11-14(7-8-16(18)25)20-19(21(26)17-9-6-13(2)31-17)22(27)23(28)24(20)12-15-5-4-10-30-15/h6-9,11,15,20,25,27H,3-5,10,12H2,1-2H3. The minimum Gasteiger partial charge on any atom is -0.504 e. The molecular formula is C23H25NO7. The number of ketones is 1. The summed E-state index contributed by atoms with van der Waals surface area (Å²) >= 11 is 0. The van der Waals surface area contributed by atoms with E-state index < -0.39 is 23.5 Å². The fourth-order valence-corrected chi connectivity index (χ4v) is 4.09. The zero-order chi connectivity index (χ0) is 22.1. The molecule has 3 heterocycles. The van der Waals surface area contributed by atoms with Gasteiger partial charge >= 0.3 is 0 Å². The van der Waals surface area contributed by atoms with Crippen LogP contribution < -0.4 is 4.74 Å². The number of rotatable bonds is 7. The van der Waals surface area contributed by atoms with Crippen LogP contribution in [0.1, 0.15) is 47.7 Å². The summed E-state index contributed by atoms with van der Waals surface area (Å²) in [7, 11) is 0. The van der Waals surface area contributed by atoms with E-state index >= 15 is 0 Å². The number of carbonyl (C=O) groups is 2. The number of carbonyl (C=O) groups excluding carboxylic acids is 2. The van der Waals surface area contributed by atoms with E-state index in [9.17, 15) is 19.8 Å². The number of Topliss-reactive ketones (excluding diaryl/α,β-unsaturated/α-hetero) is 1. The number of hydrogen-bond acceptors (Lipinski definition) is 7. The Balaban J connectivity index is 1.78. The maximum atomic E-state index is 13.3. The lowest BCUT2D eigenvalue weighted by Gasteiger charge is -2.29. The first-order valence-electron chi connectivity index (χ1n) is 10.3. The van der Waals surface area contributed by atoms with Crippen LogP contribution in [-0.2, 0) is 9.53 Å². The highest BCUT2D eigenvalue weighted by Crippen LogP contribution is 2.42. The lowest BCUT2D eigenvalue weighted by Crippen LogP contribution is -2.37.